The number of cyclic esters (lactones) is 1. The van der Waals surface area contributed by atoms with Gasteiger partial charge in [-0.1, -0.05) is 0 Å². The van der Waals surface area contributed by atoms with Crippen LogP contribution in [-0.4, -0.2) is 12.1 Å². The predicted molar refractivity (Wildman–Crippen MR) is 46.1 cm³/mol. The van der Waals surface area contributed by atoms with Crippen molar-refractivity contribution < 1.29 is 13.9 Å². The quantitative estimate of drug-likeness (QED) is 0.667. The molecule has 0 N–H and O–H groups in total. The highest BCUT2D eigenvalue weighted by atomic mass is 16.5. The van der Waals surface area contributed by atoms with Crippen LogP contribution in [0.1, 0.15) is 25.0 Å². The van der Waals surface area contributed by atoms with Crippen LogP contribution in [0.4, 0.5) is 0 Å². The molecule has 2 heterocycles. The Morgan fingerprint density at radius 2 is 2.46 bits per heavy atom. The van der Waals surface area contributed by atoms with Crippen LogP contribution in [0.25, 0.3) is 0 Å². The molecule has 0 radical (unpaired) electrons. The van der Waals surface area contributed by atoms with Crippen LogP contribution < -0.4 is 0 Å². The molecule has 1 fully saturated rings. The van der Waals surface area contributed by atoms with E-state index in [0.29, 0.717) is 6.42 Å². The first-order valence-corrected chi connectivity index (χ1v) is 4.56. The van der Waals surface area contributed by atoms with E-state index in [2.05, 4.69) is 0 Å². The standard InChI is InChI=1S/C10H12O3/c11-10-6-5-9(13-10)4-3-8-2-1-7-12-8/h1-2,7,9H,3-6H2/t9-/m0/s1. The summed E-state index contributed by atoms with van der Waals surface area (Å²) in [5, 5.41) is 0. The summed E-state index contributed by atoms with van der Waals surface area (Å²) in [6, 6.07) is 3.81. The monoisotopic (exact) mass is 180 g/mol. The van der Waals surface area contributed by atoms with E-state index in [1.165, 1.54) is 0 Å². The molecule has 3 nitrogen and oxygen atoms in total. The van der Waals surface area contributed by atoms with Gasteiger partial charge >= 0.3 is 5.97 Å². The lowest BCUT2D eigenvalue weighted by atomic mass is 10.1. The molecule has 0 unspecified atom stereocenters. The maximum absolute atomic E-state index is 10.8. The lowest BCUT2D eigenvalue weighted by molar-refractivity contribution is -0.141. The third kappa shape index (κ3) is 2.11. The zero-order chi connectivity index (χ0) is 9.10. The Kier molecular flexibility index (Phi) is 2.34. The van der Waals surface area contributed by atoms with E-state index in [1.807, 2.05) is 12.1 Å². The summed E-state index contributed by atoms with van der Waals surface area (Å²) in [5.41, 5.74) is 0. The van der Waals surface area contributed by atoms with E-state index < -0.39 is 0 Å². The van der Waals surface area contributed by atoms with Crippen molar-refractivity contribution in [3.63, 3.8) is 0 Å². The van der Waals surface area contributed by atoms with Gasteiger partial charge in [0.05, 0.1) is 6.26 Å². The second kappa shape index (κ2) is 3.64. The number of hydrogen-bond acceptors (Lipinski definition) is 3. The summed E-state index contributed by atoms with van der Waals surface area (Å²) in [6.07, 6.45) is 4.93. The summed E-state index contributed by atoms with van der Waals surface area (Å²) in [5.74, 6) is 0.896. The minimum atomic E-state index is -0.0653. The van der Waals surface area contributed by atoms with Crippen molar-refractivity contribution in [1.29, 1.82) is 0 Å². The first kappa shape index (κ1) is 8.35. The van der Waals surface area contributed by atoms with E-state index >= 15 is 0 Å². The molecule has 0 aromatic carbocycles. The topological polar surface area (TPSA) is 39.4 Å². The van der Waals surface area contributed by atoms with Gasteiger partial charge in [0.25, 0.3) is 0 Å². The summed E-state index contributed by atoms with van der Waals surface area (Å²) in [7, 11) is 0. The molecule has 2 rings (SSSR count). The SMILES string of the molecule is O=C1CC[C@H](CCc2ccco2)O1. The molecule has 1 atom stereocenters. The van der Waals surface area contributed by atoms with Crippen molar-refractivity contribution in [2.45, 2.75) is 31.8 Å². The molecule has 3 heteroatoms. The third-order valence-corrected chi connectivity index (χ3v) is 2.26. The normalized spacial score (nSPS) is 21.8. The first-order valence-electron chi connectivity index (χ1n) is 4.56. The number of furan rings is 1. The predicted octanol–water partition coefficient (Wildman–Crippen LogP) is 1.92. The van der Waals surface area contributed by atoms with E-state index in [9.17, 15) is 4.79 Å². The number of rotatable bonds is 3. The molecule has 1 aliphatic rings. The second-order valence-electron chi connectivity index (χ2n) is 3.27. The number of ether oxygens (including phenoxy) is 1. The van der Waals surface area contributed by atoms with Crippen molar-refractivity contribution in [3.8, 4) is 0 Å². The Morgan fingerprint density at radius 3 is 3.08 bits per heavy atom. The highest BCUT2D eigenvalue weighted by molar-refractivity contribution is 5.71. The molecular weight excluding hydrogens is 168 g/mol. The molecule has 70 valence electrons. The fourth-order valence-electron chi connectivity index (χ4n) is 1.54. The fourth-order valence-corrected chi connectivity index (χ4v) is 1.54. The molecule has 13 heavy (non-hydrogen) atoms. The van der Waals surface area contributed by atoms with Crippen LogP contribution in [0.15, 0.2) is 22.8 Å². The lowest BCUT2D eigenvalue weighted by Crippen LogP contribution is -2.07. The minimum Gasteiger partial charge on any atom is -0.469 e. The summed E-state index contributed by atoms with van der Waals surface area (Å²) < 4.78 is 10.3. The van der Waals surface area contributed by atoms with Crippen LogP contribution >= 0.6 is 0 Å². The van der Waals surface area contributed by atoms with Gasteiger partial charge in [0.2, 0.25) is 0 Å². The van der Waals surface area contributed by atoms with Crippen LogP contribution in [0, 0.1) is 0 Å². The van der Waals surface area contributed by atoms with Gasteiger partial charge < -0.3 is 9.15 Å². The van der Waals surface area contributed by atoms with Gasteiger partial charge in [-0.2, -0.15) is 0 Å². The molecular formula is C10H12O3. The van der Waals surface area contributed by atoms with Crippen molar-refractivity contribution in [2.24, 2.45) is 0 Å². The molecule has 1 aromatic rings. The highest BCUT2D eigenvalue weighted by Crippen LogP contribution is 2.18. The van der Waals surface area contributed by atoms with Crippen LogP contribution in [-0.2, 0) is 16.0 Å². The summed E-state index contributed by atoms with van der Waals surface area (Å²) in [4.78, 5) is 10.8. The first-order chi connectivity index (χ1) is 6.34. The maximum atomic E-state index is 10.8. The number of carbonyl (C=O) groups excluding carboxylic acids is 1. The van der Waals surface area contributed by atoms with Gasteiger partial charge in [-0.25, -0.2) is 0 Å². The summed E-state index contributed by atoms with van der Waals surface area (Å²) >= 11 is 0. The van der Waals surface area contributed by atoms with E-state index in [1.54, 1.807) is 6.26 Å². The average Bonchev–Trinajstić information content (AvgIpc) is 2.71. The Morgan fingerprint density at radius 1 is 1.54 bits per heavy atom. The van der Waals surface area contributed by atoms with Crippen LogP contribution in [0.5, 0.6) is 0 Å². The van der Waals surface area contributed by atoms with Crippen molar-refractivity contribution >= 4 is 5.97 Å². The molecule has 0 amide bonds. The Labute approximate surface area is 76.7 Å². The molecule has 1 saturated heterocycles. The molecule has 0 aliphatic carbocycles. The molecule has 0 bridgehead atoms. The van der Waals surface area contributed by atoms with Crippen LogP contribution in [0.3, 0.4) is 0 Å². The van der Waals surface area contributed by atoms with Gasteiger partial charge in [0.15, 0.2) is 0 Å². The van der Waals surface area contributed by atoms with Gasteiger partial charge in [-0.15, -0.1) is 0 Å². The van der Waals surface area contributed by atoms with Crippen molar-refractivity contribution in [2.75, 3.05) is 0 Å². The van der Waals surface area contributed by atoms with Gasteiger partial charge in [0.1, 0.15) is 11.9 Å². The van der Waals surface area contributed by atoms with Crippen molar-refractivity contribution in [1.82, 2.24) is 0 Å². The van der Waals surface area contributed by atoms with Gasteiger partial charge in [-0.3, -0.25) is 4.79 Å². The van der Waals surface area contributed by atoms with Gasteiger partial charge in [-0.05, 0) is 25.0 Å². The second-order valence-corrected chi connectivity index (χ2v) is 3.27. The average molecular weight is 180 g/mol. The smallest absolute Gasteiger partial charge is 0.306 e. The zero-order valence-electron chi connectivity index (χ0n) is 7.36. The maximum Gasteiger partial charge on any atom is 0.306 e. The Balaban J connectivity index is 1.77. The zero-order valence-corrected chi connectivity index (χ0v) is 7.36. The molecule has 1 aliphatic heterocycles. The molecule has 1 aromatic heterocycles. The Hall–Kier alpha value is -1.25. The number of aryl methyl sites for hydroxylation is 1. The molecule has 0 saturated carbocycles. The van der Waals surface area contributed by atoms with Crippen LogP contribution in [0.2, 0.25) is 0 Å². The largest absolute Gasteiger partial charge is 0.469 e. The van der Waals surface area contributed by atoms with Gasteiger partial charge in [0, 0.05) is 12.8 Å². The van der Waals surface area contributed by atoms with E-state index in [0.717, 1.165) is 25.0 Å². The molecule has 0 spiro atoms. The van der Waals surface area contributed by atoms with Crippen molar-refractivity contribution in [3.05, 3.63) is 24.2 Å². The number of carbonyl (C=O) groups is 1. The lowest BCUT2D eigenvalue weighted by Gasteiger charge is -2.06. The number of hydrogen-bond donors (Lipinski definition) is 0. The fraction of sp³-hybridized carbons (Fsp3) is 0.500. The third-order valence-electron chi connectivity index (χ3n) is 2.26. The summed E-state index contributed by atoms with van der Waals surface area (Å²) in [6.45, 7) is 0. The van der Waals surface area contributed by atoms with E-state index in [4.69, 9.17) is 9.15 Å². The number of esters is 1. The minimum absolute atomic E-state index is 0.0653. The Bertz CT molecular complexity index is 276. The van der Waals surface area contributed by atoms with E-state index in [-0.39, 0.29) is 12.1 Å². The highest BCUT2D eigenvalue weighted by Gasteiger charge is 2.22.